The Morgan fingerprint density at radius 1 is 0.621 bits per heavy atom. The molecule has 0 radical (unpaired) electrons. The molecule has 0 nitrogen and oxygen atoms in total. The molecule has 147 valence electrons. The Morgan fingerprint density at radius 3 is 1.59 bits per heavy atom. The molecule has 0 saturated carbocycles. The van der Waals surface area contributed by atoms with Crippen molar-refractivity contribution in [1.29, 1.82) is 0 Å². The average Bonchev–Trinajstić information content (AvgIpc) is 3.34. The van der Waals surface area contributed by atoms with Gasteiger partial charge in [0.1, 0.15) is 0 Å². The molecular formula is C26H25Cl2Zr. The van der Waals surface area contributed by atoms with Gasteiger partial charge in [0.15, 0.2) is 0 Å². The molecule has 0 N–H and O–H groups in total. The molecule has 0 heterocycles. The van der Waals surface area contributed by atoms with Gasteiger partial charge in [0.05, 0.1) is 0 Å². The predicted octanol–water partition coefficient (Wildman–Crippen LogP) is 7.42. The summed E-state index contributed by atoms with van der Waals surface area (Å²) in [5.74, 6) is 0. The van der Waals surface area contributed by atoms with Crippen LogP contribution in [0.1, 0.15) is 35.1 Å². The van der Waals surface area contributed by atoms with Gasteiger partial charge in [-0.05, 0) is 0 Å². The van der Waals surface area contributed by atoms with Crippen molar-refractivity contribution in [2.24, 2.45) is 0 Å². The van der Waals surface area contributed by atoms with Gasteiger partial charge in [0.2, 0.25) is 0 Å². The first-order chi connectivity index (χ1) is 13.3. The van der Waals surface area contributed by atoms with Crippen molar-refractivity contribution in [3.8, 4) is 0 Å². The molecule has 2 unspecified atom stereocenters. The summed E-state index contributed by atoms with van der Waals surface area (Å²) in [6.07, 6.45) is 9.68. The van der Waals surface area contributed by atoms with Crippen LogP contribution in [0.5, 0.6) is 0 Å². The van der Waals surface area contributed by atoms with Crippen LogP contribution in [0.2, 0.25) is 4.63 Å². The van der Waals surface area contributed by atoms with Gasteiger partial charge in [-0.25, -0.2) is 0 Å². The fourth-order valence-corrected chi connectivity index (χ4v) is 16.0. The van der Waals surface area contributed by atoms with Crippen molar-refractivity contribution in [2.75, 3.05) is 0 Å². The molecule has 5 rings (SSSR count). The number of rotatable bonds is 3. The average molecular weight is 500 g/mol. The molecule has 29 heavy (non-hydrogen) atoms. The van der Waals surface area contributed by atoms with Crippen molar-refractivity contribution in [3.63, 3.8) is 0 Å². The van der Waals surface area contributed by atoms with Crippen LogP contribution in [0.15, 0.2) is 91.0 Å². The van der Waals surface area contributed by atoms with E-state index < -0.39 is 19.8 Å². The summed E-state index contributed by atoms with van der Waals surface area (Å²) in [6, 6.07) is 28.9. The van der Waals surface area contributed by atoms with E-state index in [-0.39, 0.29) is 24.8 Å². The summed E-state index contributed by atoms with van der Waals surface area (Å²) in [5, 5.41) is 0. The van der Waals surface area contributed by atoms with Crippen molar-refractivity contribution in [3.05, 3.63) is 119 Å². The van der Waals surface area contributed by atoms with E-state index in [0.717, 1.165) is 0 Å². The van der Waals surface area contributed by atoms with E-state index in [9.17, 15) is 0 Å². The van der Waals surface area contributed by atoms with Gasteiger partial charge < -0.3 is 0 Å². The van der Waals surface area contributed by atoms with Crippen LogP contribution in [-0.2, 0) is 19.8 Å². The molecule has 2 aliphatic carbocycles. The first-order valence-corrected chi connectivity index (χ1v) is 16.4. The molecule has 0 aliphatic heterocycles. The number of benzene rings is 3. The summed E-state index contributed by atoms with van der Waals surface area (Å²) in [7, 11) is 0. The van der Waals surface area contributed by atoms with Gasteiger partial charge in [-0.15, -0.1) is 24.8 Å². The number of hydrogen-bond acceptors (Lipinski definition) is 0. The molecule has 0 saturated heterocycles. The Balaban J connectivity index is 0.00000120. The minimum atomic E-state index is -2.89. The van der Waals surface area contributed by atoms with Gasteiger partial charge in [-0.1, -0.05) is 0 Å². The van der Waals surface area contributed by atoms with Crippen LogP contribution in [0.3, 0.4) is 0 Å². The normalized spacial score (nSPS) is 20.0. The second kappa shape index (κ2) is 9.09. The van der Waals surface area contributed by atoms with E-state index in [0.29, 0.717) is 7.25 Å². The second-order valence-electron chi connectivity index (χ2n) is 7.85. The van der Waals surface area contributed by atoms with Crippen LogP contribution in [0, 0.1) is 0 Å². The van der Waals surface area contributed by atoms with Crippen LogP contribution in [0.4, 0.5) is 0 Å². The summed E-state index contributed by atoms with van der Waals surface area (Å²) < 4.78 is 6.46. The maximum atomic E-state index is 2.70. The van der Waals surface area contributed by atoms with Crippen molar-refractivity contribution in [1.82, 2.24) is 0 Å². The molecule has 3 aromatic carbocycles. The molecular weight excluding hydrogens is 474 g/mol. The second-order valence-corrected chi connectivity index (χ2v) is 18.3. The summed E-state index contributed by atoms with van der Waals surface area (Å²) >= 11 is -2.89. The van der Waals surface area contributed by atoms with E-state index >= 15 is 0 Å². The topological polar surface area (TPSA) is 0 Å². The molecule has 3 aromatic rings. The van der Waals surface area contributed by atoms with Crippen LogP contribution < -0.4 is 0 Å². The fraction of sp³-hybridized carbons (Fsp3) is 0.115. The number of halogens is 2. The van der Waals surface area contributed by atoms with E-state index in [1.54, 1.807) is 0 Å². The van der Waals surface area contributed by atoms with Gasteiger partial charge >= 0.3 is 166 Å². The van der Waals surface area contributed by atoms with Crippen molar-refractivity contribution >= 4 is 40.7 Å². The summed E-state index contributed by atoms with van der Waals surface area (Å²) in [4.78, 5) is 0. The molecule has 0 amide bonds. The monoisotopic (exact) mass is 497 g/mol. The molecule has 0 spiro atoms. The molecule has 0 aromatic heterocycles. The Bertz CT molecular complexity index is 1050. The first-order valence-electron chi connectivity index (χ1n) is 9.71. The third-order valence-corrected chi connectivity index (χ3v) is 17.6. The Kier molecular flexibility index (Phi) is 6.95. The molecule has 2 atom stereocenters. The third kappa shape index (κ3) is 3.94. The minimum absolute atomic E-state index is 0. The van der Waals surface area contributed by atoms with Crippen LogP contribution >= 0.6 is 24.8 Å². The first kappa shape index (κ1) is 22.2. The summed E-state index contributed by atoms with van der Waals surface area (Å²) in [5.41, 5.74) is 7.25. The molecule has 0 bridgehead atoms. The predicted molar refractivity (Wildman–Crippen MR) is 128 cm³/mol. The number of fused-ring (bicyclic) bond motifs is 2. The van der Waals surface area contributed by atoms with E-state index in [2.05, 4.69) is 112 Å². The van der Waals surface area contributed by atoms with Gasteiger partial charge in [0, 0.05) is 0 Å². The number of allylic oxidation sites excluding steroid dienone is 2. The fourth-order valence-electron chi connectivity index (χ4n) is 4.87. The maximum absolute atomic E-state index is 2.89. The van der Waals surface area contributed by atoms with E-state index in [4.69, 9.17) is 0 Å². The van der Waals surface area contributed by atoms with Gasteiger partial charge in [-0.2, -0.15) is 0 Å². The Hall–Kier alpha value is -1.53. The summed E-state index contributed by atoms with van der Waals surface area (Å²) in [6.45, 7) is 0. The quantitative estimate of drug-likeness (QED) is 0.352. The van der Waals surface area contributed by atoms with E-state index in [1.807, 2.05) is 0 Å². The third-order valence-electron chi connectivity index (χ3n) is 6.22. The molecule has 2 aliphatic rings. The zero-order valence-corrected chi connectivity index (χ0v) is 20.5. The molecule has 0 fully saturated rings. The Labute approximate surface area is 190 Å². The van der Waals surface area contributed by atoms with Gasteiger partial charge in [-0.3, -0.25) is 0 Å². The van der Waals surface area contributed by atoms with E-state index in [1.165, 1.54) is 27.8 Å². The van der Waals surface area contributed by atoms with Gasteiger partial charge in [0.25, 0.3) is 0 Å². The van der Waals surface area contributed by atoms with Crippen LogP contribution in [-0.4, -0.2) is 3.71 Å². The molecule has 3 heteroatoms. The van der Waals surface area contributed by atoms with Crippen molar-refractivity contribution in [2.45, 2.75) is 11.9 Å². The standard InChI is InChI=1S/2C9H7.C7H6.CH3.2ClH.Zr/c2*1-2-5-9-7-3-6-8(9)4-1;1-7-5-3-2-4-6-7;;;;/h2*1-7H;1-6H;1H3;2*1H;. The van der Waals surface area contributed by atoms with Crippen LogP contribution in [0.25, 0.3) is 12.2 Å². The SMILES string of the molecule is Cl.Cl.[CH3][Zr](=[CH]c1ccccc1)([CH]1C=Cc2ccccc21)[CH]1C=Cc2ccccc21. The Morgan fingerprint density at radius 2 is 1.07 bits per heavy atom. The number of hydrogen-bond donors (Lipinski definition) is 0. The zero-order valence-electron chi connectivity index (χ0n) is 16.4. The van der Waals surface area contributed by atoms with Crippen molar-refractivity contribution < 1.29 is 19.8 Å². The zero-order chi connectivity index (χ0) is 18.3.